The number of likely N-dealkylation sites (tertiary alicyclic amines) is 1. The normalized spacial score (nSPS) is 26.1. The van der Waals surface area contributed by atoms with Gasteiger partial charge >= 0.3 is 0 Å². The van der Waals surface area contributed by atoms with Crippen molar-refractivity contribution in [2.24, 2.45) is 10.9 Å². The number of amidine groups is 1. The van der Waals surface area contributed by atoms with E-state index in [0.717, 1.165) is 23.4 Å². The predicted molar refractivity (Wildman–Crippen MR) is 91.9 cm³/mol. The summed E-state index contributed by atoms with van der Waals surface area (Å²) in [6.45, 7) is 3.49. The summed E-state index contributed by atoms with van der Waals surface area (Å²) in [6, 6.07) is 11.1. The second-order valence-corrected chi connectivity index (χ2v) is 7.15. The van der Waals surface area contributed by atoms with Gasteiger partial charge in [0.05, 0.1) is 6.04 Å². The molecule has 2 heterocycles. The van der Waals surface area contributed by atoms with Gasteiger partial charge in [0, 0.05) is 12.3 Å². The van der Waals surface area contributed by atoms with Gasteiger partial charge < -0.3 is 10.2 Å². The summed E-state index contributed by atoms with van der Waals surface area (Å²) in [6.07, 6.45) is 3.93. The van der Waals surface area contributed by atoms with Crippen LogP contribution in [-0.2, 0) is 0 Å². The SMILES string of the molecule is CN1CCC(CCN=C2NC(c3ccccc3)CS2)CC1. The zero-order valence-electron chi connectivity index (χ0n) is 12.8. The summed E-state index contributed by atoms with van der Waals surface area (Å²) < 4.78 is 0. The molecule has 2 saturated heterocycles. The van der Waals surface area contributed by atoms with Crippen LogP contribution in [0.1, 0.15) is 30.9 Å². The molecule has 3 rings (SSSR count). The lowest BCUT2D eigenvalue weighted by atomic mass is 9.94. The zero-order chi connectivity index (χ0) is 14.5. The van der Waals surface area contributed by atoms with E-state index in [1.54, 1.807) is 0 Å². The van der Waals surface area contributed by atoms with Gasteiger partial charge in [-0.25, -0.2) is 0 Å². The third-order valence-electron chi connectivity index (χ3n) is 4.52. The van der Waals surface area contributed by atoms with Crippen LogP contribution < -0.4 is 5.32 Å². The van der Waals surface area contributed by atoms with Gasteiger partial charge in [0.2, 0.25) is 0 Å². The smallest absolute Gasteiger partial charge is 0.157 e. The highest BCUT2D eigenvalue weighted by atomic mass is 32.2. The van der Waals surface area contributed by atoms with Gasteiger partial charge in [-0.15, -0.1) is 0 Å². The first-order chi connectivity index (χ1) is 10.3. The maximum Gasteiger partial charge on any atom is 0.157 e. The lowest BCUT2D eigenvalue weighted by Crippen LogP contribution is -2.30. The molecule has 2 aliphatic rings. The number of hydrogen-bond acceptors (Lipinski definition) is 3. The molecule has 1 unspecified atom stereocenters. The number of hydrogen-bond donors (Lipinski definition) is 1. The van der Waals surface area contributed by atoms with E-state index in [4.69, 9.17) is 4.99 Å². The van der Waals surface area contributed by atoms with Crippen molar-refractivity contribution in [3.63, 3.8) is 0 Å². The summed E-state index contributed by atoms with van der Waals surface area (Å²) in [5.74, 6) is 1.97. The van der Waals surface area contributed by atoms with E-state index in [-0.39, 0.29) is 0 Å². The van der Waals surface area contributed by atoms with Crippen molar-refractivity contribution in [3.8, 4) is 0 Å². The number of thioether (sulfide) groups is 1. The Labute approximate surface area is 132 Å². The Bertz CT molecular complexity index is 466. The van der Waals surface area contributed by atoms with Crippen LogP contribution >= 0.6 is 11.8 Å². The van der Waals surface area contributed by atoms with E-state index >= 15 is 0 Å². The third kappa shape index (κ3) is 4.24. The summed E-state index contributed by atoms with van der Waals surface area (Å²) in [4.78, 5) is 7.20. The van der Waals surface area contributed by atoms with Gasteiger partial charge in [-0.05, 0) is 50.9 Å². The highest BCUT2D eigenvalue weighted by molar-refractivity contribution is 8.14. The van der Waals surface area contributed by atoms with E-state index in [2.05, 4.69) is 47.6 Å². The molecule has 21 heavy (non-hydrogen) atoms. The predicted octanol–water partition coefficient (Wildman–Crippen LogP) is 3.15. The topological polar surface area (TPSA) is 27.6 Å². The number of nitrogens with zero attached hydrogens (tertiary/aromatic N) is 2. The van der Waals surface area contributed by atoms with Gasteiger partial charge in [-0.3, -0.25) is 4.99 Å². The fourth-order valence-electron chi connectivity index (χ4n) is 3.05. The Morgan fingerprint density at radius 2 is 2.00 bits per heavy atom. The van der Waals surface area contributed by atoms with Crippen molar-refractivity contribution < 1.29 is 0 Å². The lowest BCUT2D eigenvalue weighted by molar-refractivity contribution is 0.214. The Balaban J connectivity index is 1.43. The van der Waals surface area contributed by atoms with Crippen molar-refractivity contribution in [1.82, 2.24) is 10.2 Å². The number of rotatable bonds is 4. The van der Waals surface area contributed by atoms with Crippen molar-refractivity contribution in [2.45, 2.75) is 25.3 Å². The van der Waals surface area contributed by atoms with Gasteiger partial charge in [0.15, 0.2) is 5.17 Å². The number of piperidine rings is 1. The van der Waals surface area contributed by atoms with Gasteiger partial charge in [-0.1, -0.05) is 42.1 Å². The monoisotopic (exact) mass is 303 g/mol. The highest BCUT2D eigenvalue weighted by Crippen LogP contribution is 2.26. The van der Waals surface area contributed by atoms with Crippen LogP contribution in [0.2, 0.25) is 0 Å². The molecule has 0 saturated carbocycles. The molecule has 3 nitrogen and oxygen atoms in total. The average molecular weight is 303 g/mol. The van der Waals surface area contributed by atoms with Crippen LogP contribution in [0, 0.1) is 5.92 Å². The van der Waals surface area contributed by atoms with E-state index in [0.29, 0.717) is 6.04 Å². The van der Waals surface area contributed by atoms with Crippen LogP contribution in [0.3, 0.4) is 0 Å². The summed E-state index contributed by atoms with van der Waals surface area (Å²) >= 11 is 1.86. The summed E-state index contributed by atoms with van der Waals surface area (Å²) in [5.41, 5.74) is 1.37. The Kier molecular flexibility index (Phi) is 5.20. The number of aliphatic imine (C=N–C) groups is 1. The van der Waals surface area contributed by atoms with E-state index in [1.165, 1.54) is 37.9 Å². The maximum absolute atomic E-state index is 4.77. The van der Waals surface area contributed by atoms with E-state index in [9.17, 15) is 0 Å². The van der Waals surface area contributed by atoms with Gasteiger partial charge in [-0.2, -0.15) is 0 Å². The fourth-order valence-corrected chi connectivity index (χ4v) is 4.06. The van der Waals surface area contributed by atoms with Crippen LogP contribution in [0.5, 0.6) is 0 Å². The molecule has 0 aromatic heterocycles. The first-order valence-electron chi connectivity index (χ1n) is 7.98. The largest absolute Gasteiger partial charge is 0.357 e. The molecular formula is C17H25N3S. The molecule has 4 heteroatoms. The average Bonchev–Trinajstić information content (AvgIpc) is 2.99. The third-order valence-corrected chi connectivity index (χ3v) is 5.54. The summed E-state index contributed by atoms with van der Waals surface area (Å²) in [5, 5.41) is 4.69. The highest BCUT2D eigenvalue weighted by Gasteiger charge is 2.21. The number of benzene rings is 1. The molecule has 0 amide bonds. The quantitative estimate of drug-likeness (QED) is 0.926. The minimum atomic E-state index is 0.429. The van der Waals surface area contributed by atoms with Crippen molar-refractivity contribution >= 4 is 16.9 Å². The van der Waals surface area contributed by atoms with Gasteiger partial charge in [0.25, 0.3) is 0 Å². The first kappa shape index (κ1) is 14.9. The molecule has 2 fully saturated rings. The molecule has 2 aliphatic heterocycles. The minimum Gasteiger partial charge on any atom is -0.357 e. The van der Waals surface area contributed by atoms with Crippen LogP contribution in [-0.4, -0.2) is 42.5 Å². The zero-order valence-corrected chi connectivity index (χ0v) is 13.6. The van der Waals surface area contributed by atoms with Crippen LogP contribution in [0.4, 0.5) is 0 Å². The second-order valence-electron chi connectivity index (χ2n) is 6.14. The standard InChI is InChI=1S/C17H25N3S/c1-20-11-8-14(9-12-20)7-10-18-17-19-16(13-21-17)15-5-3-2-4-6-15/h2-6,14,16H,7-13H2,1H3,(H,18,19). The molecular weight excluding hydrogens is 278 g/mol. The second kappa shape index (κ2) is 7.32. The summed E-state index contributed by atoms with van der Waals surface area (Å²) in [7, 11) is 2.22. The lowest BCUT2D eigenvalue weighted by Gasteiger charge is -2.28. The molecule has 0 aliphatic carbocycles. The molecule has 1 N–H and O–H groups in total. The number of nitrogens with one attached hydrogen (secondary N) is 1. The van der Waals surface area contributed by atoms with Crippen molar-refractivity contribution in [2.75, 3.05) is 32.4 Å². The van der Waals surface area contributed by atoms with Crippen LogP contribution in [0.25, 0.3) is 0 Å². The van der Waals surface area contributed by atoms with E-state index < -0.39 is 0 Å². The molecule has 0 bridgehead atoms. The van der Waals surface area contributed by atoms with Crippen molar-refractivity contribution in [3.05, 3.63) is 35.9 Å². The fraction of sp³-hybridized carbons (Fsp3) is 0.588. The van der Waals surface area contributed by atoms with Crippen LogP contribution in [0.15, 0.2) is 35.3 Å². The Hall–Kier alpha value is -1.00. The van der Waals surface area contributed by atoms with Gasteiger partial charge in [0.1, 0.15) is 0 Å². The van der Waals surface area contributed by atoms with Crippen molar-refractivity contribution in [1.29, 1.82) is 0 Å². The Morgan fingerprint density at radius 1 is 1.24 bits per heavy atom. The first-order valence-corrected chi connectivity index (χ1v) is 8.97. The van der Waals surface area contributed by atoms with E-state index in [1.807, 2.05) is 11.8 Å². The molecule has 1 atom stereocenters. The molecule has 0 spiro atoms. The minimum absolute atomic E-state index is 0.429. The Morgan fingerprint density at radius 3 is 2.76 bits per heavy atom. The molecule has 1 aromatic rings. The molecule has 1 aromatic carbocycles. The molecule has 114 valence electrons. The molecule has 0 radical (unpaired) electrons. The maximum atomic E-state index is 4.77.